The van der Waals surface area contributed by atoms with Gasteiger partial charge in [-0.3, -0.25) is 4.79 Å². The van der Waals surface area contributed by atoms with E-state index in [1.165, 1.54) is 0 Å². The molecule has 0 radical (unpaired) electrons. The number of hydrogen-bond acceptors (Lipinski definition) is 4. The summed E-state index contributed by atoms with van der Waals surface area (Å²) in [7, 11) is 0. The van der Waals surface area contributed by atoms with Crippen LogP contribution in [0.3, 0.4) is 0 Å². The highest BCUT2D eigenvalue weighted by molar-refractivity contribution is 6.30. The van der Waals surface area contributed by atoms with Crippen LogP contribution >= 0.6 is 11.6 Å². The number of benzene rings is 2. The highest BCUT2D eigenvalue weighted by Crippen LogP contribution is 2.20. The lowest BCUT2D eigenvalue weighted by atomic mass is 10.1. The zero-order valence-corrected chi connectivity index (χ0v) is 14.1. The Morgan fingerprint density at radius 2 is 1.92 bits per heavy atom. The molecule has 0 saturated carbocycles. The highest BCUT2D eigenvalue weighted by Gasteiger charge is 2.13. The minimum absolute atomic E-state index is 0.0461. The van der Waals surface area contributed by atoms with E-state index in [4.69, 9.17) is 16.1 Å². The number of anilines is 1. The van der Waals surface area contributed by atoms with Crippen LogP contribution in [-0.4, -0.2) is 16.0 Å². The Labute approximate surface area is 144 Å². The molecule has 1 aromatic heterocycles. The van der Waals surface area contributed by atoms with Gasteiger partial charge < -0.3 is 9.84 Å². The van der Waals surface area contributed by atoms with Crippen LogP contribution in [0.2, 0.25) is 5.02 Å². The van der Waals surface area contributed by atoms with Gasteiger partial charge in [0, 0.05) is 16.3 Å². The van der Waals surface area contributed by atoms with Crippen molar-refractivity contribution in [2.24, 2.45) is 0 Å². The van der Waals surface area contributed by atoms with Gasteiger partial charge in [0.15, 0.2) is 5.82 Å². The smallest absolute Gasteiger partial charge is 0.257 e. The van der Waals surface area contributed by atoms with E-state index < -0.39 is 0 Å². The van der Waals surface area contributed by atoms with E-state index in [2.05, 4.69) is 15.5 Å². The van der Waals surface area contributed by atoms with Gasteiger partial charge in [-0.1, -0.05) is 28.9 Å². The van der Waals surface area contributed by atoms with Crippen LogP contribution in [0.1, 0.15) is 17.0 Å². The fourth-order valence-electron chi connectivity index (χ4n) is 2.24. The summed E-state index contributed by atoms with van der Waals surface area (Å²) in [6, 6.07) is 13.0. The lowest BCUT2D eigenvalue weighted by Crippen LogP contribution is -2.16. The molecule has 0 aliphatic carbocycles. The van der Waals surface area contributed by atoms with E-state index in [1.807, 2.05) is 32.0 Å². The Morgan fingerprint density at radius 3 is 2.67 bits per heavy atom. The summed E-state index contributed by atoms with van der Waals surface area (Å²) in [5, 5.41) is 7.37. The number of aromatic nitrogens is 2. The van der Waals surface area contributed by atoms with E-state index >= 15 is 0 Å². The molecule has 0 saturated heterocycles. The Bertz CT molecular complexity index is 872. The summed E-state index contributed by atoms with van der Waals surface area (Å²) < 4.78 is 5.20. The summed E-state index contributed by atoms with van der Waals surface area (Å²) >= 11 is 5.85. The third-order valence-electron chi connectivity index (χ3n) is 3.55. The molecular weight excluding hydrogens is 326 g/mol. The van der Waals surface area contributed by atoms with E-state index in [-0.39, 0.29) is 12.3 Å². The van der Waals surface area contributed by atoms with Crippen molar-refractivity contribution in [3.63, 3.8) is 0 Å². The van der Waals surface area contributed by atoms with Gasteiger partial charge in [-0.05, 0) is 55.3 Å². The van der Waals surface area contributed by atoms with Crippen molar-refractivity contribution in [2.45, 2.75) is 20.3 Å². The molecule has 0 aliphatic rings. The molecule has 24 heavy (non-hydrogen) atoms. The van der Waals surface area contributed by atoms with E-state index in [9.17, 15) is 4.79 Å². The summed E-state index contributed by atoms with van der Waals surface area (Å²) in [5.74, 6) is 0.510. The number of aryl methyl sites for hydroxylation is 2. The third-order valence-corrected chi connectivity index (χ3v) is 3.80. The predicted octanol–water partition coefficient (Wildman–Crippen LogP) is 4.19. The molecular formula is C18H16ClN3O2. The van der Waals surface area contributed by atoms with Crippen LogP contribution in [-0.2, 0) is 11.2 Å². The van der Waals surface area contributed by atoms with Crippen molar-refractivity contribution in [3.8, 4) is 11.5 Å². The maximum atomic E-state index is 12.2. The Morgan fingerprint density at radius 1 is 1.17 bits per heavy atom. The van der Waals surface area contributed by atoms with E-state index in [0.29, 0.717) is 16.7 Å². The predicted molar refractivity (Wildman–Crippen MR) is 93.0 cm³/mol. The fraction of sp³-hybridized carbons (Fsp3) is 0.167. The van der Waals surface area contributed by atoms with Gasteiger partial charge in [0.2, 0.25) is 5.91 Å². The van der Waals surface area contributed by atoms with Crippen LogP contribution in [0.15, 0.2) is 47.0 Å². The molecule has 0 atom stereocenters. The largest absolute Gasteiger partial charge is 0.334 e. The molecule has 122 valence electrons. The molecule has 3 aromatic rings. The average molecular weight is 342 g/mol. The molecule has 3 rings (SSSR count). The first-order valence-corrected chi connectivity index (χ1v) is 7.85. The minimum atomic E-state index is -0.188. The first-order valence-electron chi connectivity index (χ1n) is 7.47. The van der Waals surface area contributed by atoms with E-state index in [0.717, 1.165) is 22.4 Å². The first-order chi connectivity index (χ1) is 11.5. The van der Waals surface area contributed by atoms with Crippen LogP contribution in [0.4, 0.5) is 5.69 Å². The standard InChI is InChI=1S/C18H16ClN3O2/c1-11-3-4-12(2)15(9-11)20-17(23)10-16-21-18(24-22-16)13-5-7-14(19)8-6-13/h3-9H,10H2,1-2H3,(H,20,23). The summed E-state index contributed by atoms with van der Waals surface area (Å²) in [6.07, 6.45) is 0.0461. The SMILES string of the molecule is Cc1ccc(C)c(NC(=O)Cc2noc(-c3ccc(Cl)cc3)n2)c1. The molecule has 0 bridgehead atoms. The molecule has 0 fully saturated rings. The van der Waals surface area contributed by atoms with Crippen molar-refractivity contribution in [2.75, 3.05) is 5.32 Å². The Hall–Kier alpha value is -2.66. The molecule has 0 spiro atoms. The minimum Gasteiger partial charge on any atom is -0.334 e. The van der Waals surface area contributed by atoms with Gasteiger partial charge in [0.25, 0.3) is 5.89 Å². The van der Waals surface area contributed by atoms with Crippen LogP contribution in [0, 0.1) is 13.8 Å². The maximum absolute atomic E-state index is 12.2. The Kier molecular flexibility index (Phi) is 4.62. The van der Waals surface area contributed by atoms with Crippen LogP contribution < -0.4 is 5.32 Å². The summed E-state index contributed by atoms with van der Waals surface area (Å²) in [6.45, 7) is 3.93. The second kappa shape index (κ2) is 6.84. The lowest BCUT2D eigenvalue weighted by molar-refractivity contribution is -0.115. The first kappa shape index (κ1) is 16.2. The van der Waals surface area contributed by atoms with Crippen LogP contribution in [0.25, 0.3) is 11.5 Å². The van der Waals surface area contributed by atoms with Crippen LogP contribution in [0.5, 0.6) is 0 Å². The van der Waals surface area contributed by atoms with Gasteiger partial charge in [-0.25, -0.2) is 0 Å². The number of nitrogens with one attached hydrogen (secondary N) is 1. The molecule has 2 aromatic carbocycles. The van der Waals surface area contributed by atoms with Gasteiger partial charge in [-0.15, -0.1) is 0 Å². The molecule has 0 aliphatic heterocycles. The van der Waals surface area contributed by atoms with Crippen molar-refractivity contribution in [3.05, 3.63) is 64.4 Å². The summed E-state index contributed by atoms with van der Waals surface area (Å²) in [4.78, 5) is 16.4. The number of carbonyl (C=O) groups is 1. The highest BCUT2D eigenvalue weighted by atomic mass is 35.5. The average Bonchev–Trinajstić information content (AvgIpc) is 3.00. The zero-order valence-electron chi connectivity index (χ0n) is 13.3. The van der Waals surface area contributed by atoms with Gasteiger partial charge in [0.05, 0.1) is 6.42 Å². The van der Waals surface area contributed by atoms with Crippen molar-refractivity contribution in [1.29, 1.82) is 0 Å². The van der Waals surface area contributed by atoms with Crippen molar-refractivity contribution >= 4 is 23.2 Å². The van der Waals surface area contributed by atoms with Gasteiger partial charge in [0.1, 0.15) is 0 Å². The van der Waals surface area contributed by atoms with Gasteiger partial charge in [-0.2, -0.15) is 4.98 Å². The van der Waals surface area contributed by atoms with E-state index in [1.54, 1.807) is 24.3 Å². The molecule has 1 heterocycles. The van der Waals surface area contributed by atoms with Crippen molar-refractivity contribution in [1.82, 2.24) is 10.1 Å². The Balaban J connectivity index is 1.69. The topological polar surface area (TPSA) is 68.0 Å². The quantitative estimate of drug-likeness (QED) is 0.772. The summed E-state index contributed by atoms with van der Waals surface area (Å²) in [5.41, 5.74) is 3.64. The van der Waals surface area contributed by atoms with Crippen molar-refractivity contribution < 1.29 is 9.32 Å². The maximum Gasteiger partial charge on any atom is 0.257 e. The number of carbonyl (C=O) groups excluding carboxylic acids is 1. The lowest BCUT2D eigenvalue weighted by Gasteiger charge is -2.08. The second-order valence-electron chi connectivity index (χ2n) is 5.57. The second-order valence-corrected chi connectivity index (χ2v) is 6.00. The molecule has 5 nitrogen and oxygen atoms in total. The number of rotatable bonds is 4. The molecule has 1 amide bonds. The monoisotopic (exact) mass is 341 g/mol. The zero-order chi connectivity index (χ0) is 17.1. The molecule has 1 N–H and O–H groups in total. The third kappa shape index (κ3) is 3.81. The molecule has 6 heteroatoms. The number of halogens is 1. The molecule has 0 unspecified atom stereocenters. The normalized spacial score (nSPS) is 10.6. The number of hydrogen-bond donors (Lipinski definition) is 1. The van der Waals surface area contributed by atoms with Gasteiger partial charge >= 0.3 is 0 Å². The fourth-order valence-corrected chi connectivity index (χ4v) is 2.37. The number of nitrogens with zero attached hydrogens (tertiary/aromatic N) is 2. The number of amides is 1.